The first-order valence-electron chi connectivity index (χ1n) is 6.91. The van der Waals surface area contributed by atoms with Crippen molar-refractivity contribution in [2.75, 3.05) is 0 Å². The van der Waals surface area contributed by atoms with E-state index in [1.165, 1.54) is 21.6 Å². The second-order valence-electron chi connectivity index (χ2n) is 5.48. The fourth-order valence-electron chi connectivity index (χ4n) is 2.76. The highest BCUT2D eigenvalue weighted by Crippen LogP contribution is 2.05. The summed E-state index contributed by atoms with van der Waals surface area (Å²) in [4.78, 5) is 0. The molecule has 1 nitrogen and oxygen atoms in total. The van der Waals surface area contributed by atoms with Crippen molar-refractivity contribution in [2.24, 2.45) is 0 Å². The van der Waals surface area contributed by atoms with Crippen molar-refractivity contribution >= 4 is 25.3 Å². The van der Waals surface area contributed by atoms with E-state index in [1.807, 2.05) is 0 Å². The molecule has 0 bridgehead atoms. The zero-order valence-corrected chi connectivity index (χ0v) is 12.1. The molecule has 1 aliphatic rings. The van der Waals surface area contributed by atoms with Gasteiger partial charge in [-0.1, -0.05) is 49.1 Å². The average molecular weight is 261 g/mol. The largest absolute Gasteiger partial charge is 0.310 e. The van der Waals surface area contributed by atoms with Gasteiger partial charge in [0.05, 0.1) is 0 Å². The number of benzene rings is 1. The van der Waals surface area contributed by atoms with Crippen molar-refractivity contribution in [3.05, 3.63) is 62.6 Å². The van der Waals surface area contributed by atoms with Gasteiger partial charge in [0.25, 0.3) is 0 Å². The first kappa shape index (κ1) is 12.7. The predicted molar refractivity (Wildman–Crippen MR) is 87.4 cm³/mol. The molecule has 100 valence electrons. The van der Waals surface area contributed by atoms with Crippen molar-refractivity contribution in [3.8, 4) is 5.69 Å². The van der Waals surface area contributed by atoms with Gasteiger partial charge in [-0.15, -0.1) is 0 Å². The predicted octanol–water partition coefficient (Wildman–Crippen LogP) is 1.52. The molecule has 0 unspecified atom stereocenters. The topological polar surface area (TPSA) is 4.93 Å². The van der Waals surface area contributed by atoms with Gasteiger partial charge in [-0.3, -0.25) is 0 Å². The Kier molecular flexibility index (Phi) is 2.98. The van der Waals surface area contributed by atoms with E-state index in [0.29, 0.717) is 0 Å². The van der Waals surface area contributed by atoms with Crippen LogP contribution in [0.4, 0.5) is 0 Å². The highest BCUT2D eigenvalue weighted by molar-refractivity contribution is 5.49. The molecule has 3 rings (SSSR count). The Balaban J connectivity index is 2.40. The summed E-state index contributed by atoms with van der Waals surface area (Å²) in [7, 11) is 0. The Morgan fingerprint density at radius 2 is 1.75 bits per heavy atom. The third-order valence-electron chi connectivity index (χ3n) is 3.87. The van der Waals surface area contributed by atoms with Crippen molar-refractivity contribution < 1.29 is 0 Å². The van der Waals surface area contributed by atoms with Gasteiger partial charge in [-0.05, 0) is 38.0 Å². The molecule has 2 aromatic rings. The first-order chi connectivity index (χ1) is 9.58. The summed E-state index contributed by atoms with van der Waals surface area (Å²) in [5.74, 6) is 0. The summed E-state index contributed by atoms with van der Waals surface area (Å²) in [6.07, 6.45) is 7.58. The van der Waals surface area contributed by atoms with Crippen LogP contribution in [0.5, 0.6) is 0 Å². The van der Waals surface area contributed by atoms with Crippen molar-refractivity contribution in [2.45, 2.75) is 20.3 Å². The van der Waals surface area contributed by atoms with E-state index in [-0.39, 0.29) is 0 Å². The van der Waals surface area contributed by atoms with Crippen LogP contribution in [0.1, 0.15) is 18.9 Å². The summed E-state index contributed by atoms with van der Waals surface area (Å²) in [6.45, 7) is 12.8. The Hall–Kier alpha value is -2.28. The molecular formula is C19H19N. The van der Waals surface area contributed by atoms with Crippen molar-refractivity contribution in [1.29, 1.82) is 0 Å². The van der Waals surface area contributed by atoms with E-state index in [1.54, 1.807) is 0 Å². The van der Waals surface area contributed by atoms with Gasteiger partial charge in [0.2, 0.25) is 0 Å². The number of nitrogens with zero attached hydrogens (tertiary/aromatic N) is 1. The minimum atomic E-state index is 0.975. The maximum Gasteiger partial charge on any atom is 0.0468 e. The van der Waals surface area contributed by atoms with E-state index >= 15 is 0 Å². The monoisotopic (exact) mass is 261 g/mol. The van der Waals surface area contributed by atoms with Crippen molar-refractivity contribution in [3.63, 3.8) is 0 Å². The van der Waals surface area contributed by atoms with Crippen LogP contribution in [0.3, 0.4) is 0 Å². The number of rotatable bonds is 1. The molecule has 0 N–H and O–H groups in total. The molecule has 0 spiro atoms. The molecule has 20 heavy (non-hydrogen) atoms. The fraction of sp³-hybridized carbons (Fsp3) is 0.158. The zero-order valence-electron chi connectivity index (χ0n) is 12.1. The minimum Gasteiger partial charge on any atom is -0.310 e. The number of fused-ring (bicyclic) bond motifs is 1. The summed E-state index contributed by atoms with van der Waals surface area (Å²) >= 11 is 0. The Morgan fingerprint density at radius 3 is 2.50 bits per heavy atom. The van der Waals surface area contributed by atoms with E-state index in [9.17, 15) is 0 Å². The fourth-order valence-corrected chi connectivity index (χ4v) is 2.76. The van der Waals surface area contributed by atoms with Crippen LogP contribution in [-0.2, 0) is 0 Å². The van der Waals surface area contributed by atoms with Crippen LogP contribution >= 0.6 is 0 Å². The smallest absolute Gasteiger partial charge is 0.0468 e. The number of allylic oxidation sites excluding steroid dienone is 2. The van der Waals surface area contributed by atoms with E-state index in [4.69, 9.17) is 0 Å². The summed E-state index contributed by atoms with van der Waals surface area (Å²) in [5, 5.41) is 4.44. The standard InChI is InChI=1S/C19H19N/c1-13-8-10-18-15(3)20(16(4)19(18)11-9-13)17-7-5-6-14(2)12-17/h5-8,10-12H,3-4,9H2,1-2H3. The van der Waals surface area contributed by atoms with Gasteiger partial charge in [0.15, 0.2) is 0 Å². The molecule has 0 amide bonds. The third-order valence-corrected chi connectivity index (χ3v) is 3.87. The SMILES string of the molecule is C=c1c2c(c(=C)n1-c1cccc(C)c1)=CCC(C)=CC=2. The highest BCUT2D eigenvalue weighted by Gasteiger charge is 2.05. The number of aromatic nitrogens is 1. The maximum atomic E-state index is 4.28. The lowest BCUT2D eigenvalue weighted by Crippen LogP contribution is -2.35. The quantitative estimate of drug-likeness (QED) is 0.733. The van der Waals surface area contributed by atoms with Gasteiger partial charge >= 0.3 is 0 Å². The molecular weight excluding hydrogens is 242 g/mol. The minimum absolute atomic E-state index is 0.975. The lowest BCUT2D eigenvalue weighted by Gasteiger charge is -2.05. The van der Waals surface area contributed by atoms with Crippen LogP contribution in [0.15, 0.2) is 35.9 Å². The second-order valence-corrected chi connectivity index (χ2v) is 5.48. The number of hydrogen-bond acceptors (Lipinski definition) is 0. The lowest BCUT2D eigenvalue weighted by molar-refractivity contribution is 0.991. The maximum absolute atomic E-state index is 4.28. The van der Waals surface area contributed by atoms with Gasteiger partial charge in [-0.2, -0.15) is 0 Å². The molecule has 0 fully saturated rings. The van der Waals surface area contributed by atoms with Crippen LogP contribution in [0.25, 0.3) is 31.0 Å². The highest BCUT2D eigenvalue weighted by atomic mass is 15.0. The van der Waals surface area contributed by atoms with Gasteiger partial charge in [0, 0.05) is 26.8 Å². The third kappa shape index (κ3) is 1.96. The molecule has 1 aromatic heterocycles. The van der Waals surface area contributed by atoms with Crippen LogP contribution in [0, 0.1) is 6.92 Å². The molecule has 0 saturated heterocycles. The van der Waals surface area contributed by atoms with Crippen LogP contribution in [0.2, 0.25) is 0 Å². The van der Waals surface area contributed by atoms with Gasteiger partial charge in [-0.25, -0.2) is 0 Å². The van der Waals surface area contributed by atoms with Gasteiger partial charge < -0.3 is 4.57 Å². The van der Waals surface area contributed by atoms with E-state index < -0.39 is 0 Å². The van der Waals surface area contributed by atoms with Crippen molar-refractivity contribution in [1.82, 2.24) is 4.57 Å². The molecule has 1 heteroatoms. The summed E-state index contributed by atoms with van der Waals surface area (Å²) < 4.78 is 2.15. The molecule has 1 heterocycles. The molecule has 0 saturated carbocycles. The van der Waals surface area contributed by atoms with Crippen LogP contribution in [-0.4, -0.2) is 4.57 Å². The number of aryl methyl sites for hydroxylation is 1. The Bertz CT molecular complexity index is 923. The summed E-state index contributed by atoms with van der Waals surface area (Å²) in [5.41, 5.74) is 3.74. The summed E-state index contributed by atoms with van der Waals surface area (Å²) in [6, 6.07) is 8.46. The van der Waals surface area contributed by atoms with Gasteiger partial charge in [0.1, 0.15) is 0 Å². The Labute approximate surface area is 119 Å². The zero-order chi connectivity index (χ0) is 14.3. The Morgan fingerprint density at radius 1 is 1.00 bits per heavy atom. The van der Waals surface area contributed by atoms with E-state index in [0.717, 1.165) is 22.8 Å². The molecule has 0 atom stereocenters. The molecule has 1 aromatic carbocycles. The first-order valence-corrected chi connectivity index (χ1v) is 6.91. The molecule has 0 aliphatic heterocycles. The normalized spacial score (nSPS) is 13.8. The molecule has 0 radical (unpaired) electrons. The average Bonchev–Trinajstić information content (AvgIpc) is 2.55. The second kappa shape index (κ2) is 4.68. The van der Waals surface area contributed by atoms with E-state index in [2.05, 4.69) is 74.1 Å². The lowest BCUT2D eigenvalue weighted by atomic mass is 10.2. The molecule has 1 aliphatic carbocycles. The van der Waals surface area contributed by atoms with Crippen LogP contribution < -0.4 is 21.1 Å². The number of hydrogen-bond donors (Lipinski definition) is 0.